The van der Waals surface area contributed by atoms with Gasteiger partial charge in [0.25, 0.3) is 0 Å². The predicted octanol–water partition coefficient (Wildman–Crippen LogP) is 5.04. The number of halogens is 1. The summed E-state index contributed by atoms with van der Waals surface area (Å²) in [6.45, 7) is 1.72. The van der Waals surface area contributed by atoms with Gasteiger partial charge in [-0.1, -0.05) is 24.6 Å². The van der Waals surface area contributed by atoms with Gasteiger partial charge in [-0.2, -0.15) is 0 Å². The number of nitrogens with zero attached hydrogens (tertiary/aromatic N) is 1. The van der Waals surface area contributed by atoms with E-state index >= 15 is 0 Å². The summed E-state index contributed by atoms with van der Waals surface area (Å²) in [4.78, 5) is 4.20. The fourth-order valence-electron chi connectivity index (χ4n) is 4.34. The maximum atomic E-state index is 13.6. The Hall–Kier alpha value is -1.77. The third-order valence-corrected chi connectivity index (χ3v) is 5.34. The summed E-state index contributed by atoms with van der Waals surface area (Å²) < 4.78 is 13.6. The highest BCUT2D eigenvalue weighted by atomic mass is 19.1. The maximum Gasteiger partial charge on any atom is 0.123 e. The second-order valence-corrected chi connectivity index (χ2v) is 6.96. The lowest BCUT2D eigenvalue weighted by Gasteiger charge is -2.38. The SMILES string of the molecule is CC(=N)C=N/C=C/C12CCCC(c3cccc(F)c3)(CC1)C2. The molecule has 2 fully saturated rings. The molecule has 0 aromatic heterocycles. The Morgan fingerprint density at radius 1 is 1.27 bits per heavy atom. The number of benzene rings is 1. The average molecular weight is 298 g/mol. The predicted molar refractivity (Wildman–Crippen MR) is 89.2 cm³/mol. The lowest BCUT2D eigenvalue weighted by molar-refractivity contribution is 0.243. The highest BCUT2D eigenvalue weighted by Crippen LogP contribution is 2.60. The summed E-state index contributed by atoms with van der Waals surface area (Å²) in [6, 6.07) is 7.17. The number of aliphatic imine (C=N–C) groups is 1. The first-order chi connectivity index (χ1) is 10.5. The molecule has 2 aliphatic carbocycles. The van der Waals surface area contributed by atoms with Crippen LogP contribution in [0.15, 0.2) is 41.5 Å². The van der Waals surface area contributed by atoms with Gasteiger partial charge in [0, 0.05) is 18.1 Å². The van der Waals surface area contributed by atoms with Gasteiger partial charge in [0.2, 0.25) is 0 Å². The van der Waals surface area contributed by atoms with Crippen LogP contribution in [0.2, 0.25) is 0 Å². The van der Waals surface area contributed by atoms with Gasteiger partial charge in [0.05, 0.1) is 0 Å². The van der Waals surface area contributed by atoms with E-state index in [9.17, 15) is 4.39 Å². The van der Waals surface area contributed by atoms with Gasteiger partial charge in [-0.15, -0.1) is 0 Å². The van der Waals surface area contributed by atoms with Crippen molar-refractivity contribution in [3.63, 3.8) is 0 Å². The molecule has 3 rings (SSSR count). The first-order valence-electron chi connectivity index (χ1n) is 8.06. The number of allylic oxidation sites excluding steroid dienone is 1. The summed E-state index contributed by atoms with van der Waals surface area (Å²) in [5.74, 6) is -0.128. The Labute approximate surface area is 131 Å². The van der Waals surface area contributed by atoms with Crippen molar-refractivity contribution in [1.82, 2.24) is 0 Å². The molecule has 1 N–H and O–H groups in total. The second-order valence-electron chi connectivity index (χ2n) is 6.96. The average Bonchev–Trinajstić information content (AvgIpc) is 2.76. The third kappa shape index (κ3) is 2.90. The standard InChI is InChI=1S/C19H23FN2/c1-15(21)13-22-11-10-18-6-3-7-19(14-18,9-8-18)16-4-2-5-17(20)12-16/h2,4-5,10-13,21H,3,6-9,14H2,1H3/b11-10+,21-15?,22-13?. The molecule has 2 nitrogen and oxygen atoms in total. The van der Waals surface area contributed by atoms with Gasteiger partial charge in [-0.25, -0.2) is 4.39 Å². The minimum absolute atomic E-state index is 0.128. The Morgan fingerprint density at radius 3 is 2.91 bits per heavy atom. The Bertz CT molecular complexity index is 634. The van der Waals surface area contributed by atoms with E-state index < -0.39 is 0 Å². The summed E-state index contributed by atoms with van der Waals surface area (Å²) in [7, 11) is 0. The molecule has 22 heavy (non-hydrogen) atoms. The molecule has 1 aromatic carbocycles. The molecule has 0 saturated heterocycles. The lowest BCUT2D eigenvalue weighted by Crippen LogP contribution is -2.30. The lowest BCUT2D eigenvalue weighted by atomic mass is 9.66. The van der Waals surface area contributed by atoms with E-state index in [-0.39, 0.29) is 16.6 Å². The molecule has 0 amide bonds. The maximum absolute atomic E-state index is 13.6. The molecule has 2 aliphatic rings. The molecule has 2 unspecified atom stereocenters. The van der Waals surface area contributed by atoms with Crippen LogP contribution in [0, 0.1) is 16.6 Å². The summed E-state index contributed by atoms with van der Waals surface area (Å²) in [6.07, 6.45) is 12.6. The number of hydrogen-bond donors (Lipinski definition) is 1. The highest BCUT2D eigenvalue weighted by Gasteiger charge is 2.50. The van der Waals surface area contributed by atoms with E-state index in [2.05, 4.69) is 17.1 Å². The van der Waals surface area contributed by atoms with Crippen LogP contribution in [-0.2, 0) is 5.41 Å². The van der Waals surface area contributed by atoms with E-state index in [1.807, 2.05) is 12.3 Å². The molecule has 0 aliphatic heterocycles. The van der Waals surface area contributed by atoms with E-state index in [4.69, 9.17) is 5.41 Å². The molecule has 0 spiro atoms. The minimum atomic E-state index is -0.128. The van der Waals surface area contributed by atoms with Gasteiger partial charge in [0.1, 0.15) is 5.82 Å². The molecule has 0 radical (unpaired) electrons. The zero-order valence-corrected chi connectivity index (χ0v) is 13.1. The first-order valence-corrected chi connectivity index (χ1v) is 8.06. The first kappa shape index (κ1) is 15.1. The summed E-state index contributed by atoms with van der Waals surface area (Å²) >= 11 is 0. The molecular formula is C19H23FN2. The van der Waals surface area contributed by atoms with Crippen molar-refractivity contribution >= 4 is 11.9 Å². The smallest absolute Gasteiger partial charge is 0.123 e. The number of rotatable bonds is 4. The number of fused-ring (bicyclic) bond motifs is 2. The summed E-state index contributed by atoms with van der Waals surface area (Å²) in [5.41, 5.74) is 1.98. The highest BCUT2D eigenvalue weighted by molar-refractivity contribution is 6.27. The molecule has 2 atom stereocenters. The van der Waals surface area contributed by atoms with Crippen LogP contribution in [0.5, 0.6) is 0 Å². The van der Waals surface area contributed by atoms with Crippen molar-refractivity contribution in [2.24, 2.45) is 10.4 Å². The second kappa shape index (κ2) is 5.79. The van der Waals surface area contributed by atoms with Crippen molar-refractivity contribution in [3.05, 3.63) is 47.9 Å². The van der Waals surface area contributed by atoms with Crippen LogP contribution in [0.25, 0.3) is 0 Å². The van der Waals surface area contributed by atoms with Crippen LogP contribution >= 0.6 is 0 Å². The van der Waals surface area contributed by atoms with E-state index in [1.54, 1.807) is 19.2 Å². The Kier molecular flexibility index (Phi) is 3.98. The Morgan fingerprint density at radius 2 is 2.14 bits per heavy atom. The van der Waals surface area contributed by atoms with Crippen molar-refractivity contribution in [3.8, 4) is 0 Å². The van der Waals surface area contributed by atoms with Crippen molar-refractivity contribution in [2.75, 3.05) is 0 Å². The number of nitrogens with one attached hydrogen (secondary N) is 1. The topological polar surface area (TPSA) is 36.2 Å². The quantitative estimate of drug-likeness (QED) is 0.756. The van der Waals surface area contributed by atoms with Crippen molar-refractivity contribution in [1.29, 1.82) is 5.41 Å². The van der Waals surface area contributed by atoms with Crippen molar-refractivity contribution < 1.29 is 4.39 Å². The van der Waals surface area contributed by atoms with Crippen molar-refractivity contribution in [2.45, 2.75) is 50.9 Å². The van der Waals surface area contributed by atoms with Gasteiger partial charge >= 0.3 is 0 Å². The van der Waals surface area contributed by atoms with E-state index in [0.717, 1.165) is 25.7 Å². The van der Waals surface area contributed by atoms with Gasteiger partial charge in [-0.3, -0.25) is 4.99 Å². The van der Waals surface area contributed by atoms with Crippen LogP contribution in [-0.4, -0.2) is 11.9 Å². The molecule has 3 heteroatoms. The zero-order valence-electron chi connectivity index (χ0n) is 13.1. The van der Waals surface area contributed by atoms with E-state index in [0.29, 0.717) is 5.71 Å². The van der Waals surface area contributed by atoms with E-state index in [1.165, 1.54) is 24.5 Å². The number of hydrogen-bond acceptors (Lipinski definition) is 2. The normalized spacial score (nSPS) is 31.2. The minimum Gasteiger partial charge on any atom is -0.304 e. The molecule has 2 bridgehead atoms. The Balaban J connectivity index is 1.82. The van der Waals surface area contributed by atoms with Crippen LogP contribution in [0.1, 0.15) is 51.0 Å². The molecular weight excluding hydrogens is 275 g/mol. The molecule has 116 valence electrons. The molecule has 2 saturated carbocycles. The third-order valence-electron chi connectivity index (χ3n) is 5.34. The van der Waals surface area contributed by atoms with Gasteiger partial charge in [0.15, 0.2) is 0 Å². The summed E-state index contributed by atoms with van der Waals surface area (Å²) in [5, 5.41) is 7.36. The zero-order chi connectivity index (χ0) is 15.6. The van der Waals surface area contributed by atoms with Crippen LogP contribution in [0.3, 0.4) is 0 Å². The van der Waals surface area contributed by atoms with Gasteiger partial charge < -0.3 is 5.41 Å². The molecule has 0 heterocycles. The largest absolute Gasteiger partial charge is 0.304 e. The van der Waals surface area contributed by atoms with Gasteiger partial charge in [-0.05, 0) is 67.6 Å². The van der Waals surface area contributed by atoms with Crippen LogP contribution < -0.4 is 0 Å². The fourth-order valence-corrected chi connectivity index (χ4v) is 4.34. The monoisotopic (exact) mass is 298 g/mol. The van der Waals surface area contributed by atoms with Crippen LogP contribution in [0.4, 0.5) is 4.39 Å². The fraction of sp³-hybridized carbons (Fsp3) is 0.474. The molecule has 1 aromatic rings.